The van der Waals surface area contributed by atoms with Gasteiger partial charge >= 0.3 is 5.97 Å². The molecule has 2 aliphatic heterocycles. The number of thioether (sulfide) groups is 1. The molecule has 0 aliphatic carbocycles. The van der Waals surface area contributed by atoms with Gasteiger partial charge in [-0.3, -0.25) is 4.79 Å². The van der Waals surface area contributed by atoms with E-state index in [0.29, 0.717) is 0 Å². The van der Waals surface area contributed by atoms with Crippen molar-refractivity contribution in [2.45, 2.75) is 74.4 Å². The zero-order valence-electron chi connectivity index (χ0n) is 16.0. The maximum Gasteiger partial charge on any atom is 0.303 e. The number of rotatable bonds is 11. The fourth-order valence-corrected chi connectivity index (χ4v) is 6.76. The highest BCUT2D eigenvalue weighted by atomic mass is 32.2. The number of allylic oxidation sites excluding steroid dienone is 2. The third-order valence-corrected chi connectivity index (χ3v) is 7.94. The van der Waals surface area contributed by atoms with Crippen molar-refractivity contribution in [1.82, 2.24) is 0 Å². The largest absolute Gasteiger partial charge is 0.481 e. The van der Waals surface area contributed by atoms with Gasteiger partial charge in [0.1, 0.15) is 0 Å². The van der Waals surface area contributed by atoms with Gasteiger partial charge in [-0.2, -0.15) is 11.8 Å². The number of carbonyl (C=O) groups is 1. The number of carboxylic acids is 1. The quantitative estimate of drug-likeness (QED) is 0.410. The zero-order valence-corrected chi connectivity index (χ0v) is 16.8. The number of unbranched alkanes of at least 4 members (excludes halogenated alkanes) is 1. The number of benzene rings is 1. The second-order valence-corrected chi connectivity index (χ2v) is 9.52. The van der Waals surface area contributed by atoms with E-state index in [9.17, 15) is 9.90 Å². The van der Waals surface area contributed by atoms with Crippen LogP contribution in [0.2, 0.25) is 0 Å². The molecule has 2 bridgehead atoms. The number of carboxylic acid groups (broad SMARTS) is 1. The Kier molecular flexibility index (Phi) is 7.83. The normalized spacial score (nSPS) is 28.0. The molecule has 3 nitrogen and oxygen atoms in total. The van der Waals surface area contributed by atoms with E-state index in [4.69, 9.17) is 5.11 Å². The van der Waals surface area contributed by atoms with Gasteiger partial charge in [0.25, 0.3) is 0 Å². The van der Waals surface area contributed by atoms with Gasteiger partial charge in [-0.25, -0.2) is 0 Å². The van der Waals surface area contributed by atoms with Crippen molar-refractivity contribution >= 4 is 17.7 Å². The van der Waals surface area contributed by atoms with Crippen molar-refractivity contribution in [3.63, 3.8) is 0 Å². The summed E-state index contributed by atoms with van der Waals surface area (Å²) in [7, 11) is 0. The highest BCUT2D eigenvalue weighted by molar-refractivity contribution is 8.01. The molecule has 2 heterocycles. The van der Waals surface area contributed by atoms with Gasteiger partial charge < -0.3 is 10.2 Å². The van der Waals surface area contributed by atoms with E-state index in [-0.39, 0.29) is 12.5 Å². The molecule has 2 saturated heterocycles. The van der Waals surface area contributed by atoms with Crippen LogP contribution in [0, 0.1) is 11.8 Å². The molecular formula is C23H32O3S. The Morgan fingerprint density at radius 3 is 2.63 bits per heavy atom. The Morgan fingerprint density at radius 1 is 1.15 bits per heavy atom. The van der Waals surface area contributed by atoms with Crippen LogP contribution >= 0.6 is 11.8 Å². The minimum absolute atomic E-state index is 0.247. The number of fused-ring (bicyclic) bond motifs is 2. The molecule has 0 saturated carbocycles. The van der Waals surface area contributed by atoms with Crippen LogP contribution in [-0.2, 0) is 11.2 Å². The lowest BCUT2D eigenvalue weighted by Crippen LogP contribution is -2.28. The summed E-state index contributed by atoms with van der Waals surface area (Å²) in [6, 6.07) is 10.3. The van der Waals surface area contributed by atoms with Gasteiger partial charge in [-0.15, -0.1) is 0 Å². The molecule has 5 atom stereocenters. The number of hydrogen-bond donors (Lipinski definition) is 2. The van der Waals surface area contributed by atoms with Crippen LogP contribution in [0.15, 0.2) is 42.5 Å². The molecule has 2 aliphatic rings. The van der Waals surface area contributed by atoms with Gasteiger partial charge in [-0.05, 0) is 68.8 Å². The van der Waals surface area contributed by atoms with Crippen molar-refractivity contribution in [3.05, 3.63) is 48.0 Å². The zero-order chi connectivity index (χ0) is 19.1. The maximum absolute atomic E-state index is 10.6. The van der Waals surface area contributed by atoms with Crippen molar-refractivity contribution < 1.29 is 15.0 Å². The molecule has 0 spiro atoms. The van der Waals surface area contributed by atoms with E-state index in [1.54, 1.807) is 0 Å². The molecule has 1 aromatic carbocycles. The summed E-state index contributed by atoms with van der Waals surface area (Å²) in [4.78, 5) is 10.6. The first kappa shape index (κ1) is 20.5. The SMILES string of the molecule is O=C(O)CCCC=CC[C@H]1[C@@H](CCC(O)Cc2ccccc2)[C@H]2CC[C@@H]1S2. The summed E-state index contributed by atoms with van der Waals surface area (Å²) < 4.78 is 0. The second kappa shape index (κ2) is 10.3. The first-order valence-electron chi connectivity index (χ1n) is 10.4. The highest BCUT2D eigenvalue weighted by Gasteiger charge is 2.47. The molecule has 2 N–H and O–H groups in total. The molecule has 0 radical (unpaired) electrons. The van der Waals surface area contributed by atoms with Crippen LogP contribution in [0.3, 0.4) is 0 Å². The molecule has 148 valence electrons. The van der Waals surface area contributed by atoms with Crippen LogP contribution in [0.4, 0.5) is 0 Å². The molecule has 1 aromatic rings. The second-order valence-electron chi connectivity index (χ2n) is 8.03. The topological polar surface area (TPSA) is 57.5 Å². The van der Waals surface area contributed by atoms with Gasteiger partial charge in [0.15, 0.2) is 0 Å². The van der Waals surface area contributed by atoms with Crippen LogP contribution in [0.5, 0.6) is 0 Å². The Bertz CT molecular complexity index is 615. The van der Waals surface area contributed by atoms with Gasteiger partial charge in [-0.1, -0.05) is 42.5 Å². The Morgan fingerprint density at radius 2 is 1.89 bits per heavy atom. The van der Waals surface area contributed by atoms with E-state index in [1.165, 1.54) is 18.4 Å². The third-order valence-electron chi connectivity index (χ3n) is 6.07. The smallest absolute Gasteiger partial charge is 0.303 e. The fourth-order valence-electron chi connectivity index (χ4n) is 4.71. The Hall–Kier alpha value is -1.26. The highest BCUT2D eigenvalue weighted by Crippen LogP contribution is 2.55. The molecule has 2 fully saturated rings. The Balaban J connectivity index is 1.43. The van der Waals surface area contributed by atoms with Crippen molar-refractivity contribution in [2.75, 3.05) is 0 Å². The average Bonchev–Trinajstić information content (AvgIpc) is 3.25. The summed E-state index contributed by atoms with van der Waals surface area (Å²) in [5, 5.41) is 20.7. The summed E-state index contributed by atoms with van der Waals surface area (Å²) in [5.41, 5.74) is 1.22. The van der Waals surface area contributed by atoms with E-state index in [0.717, 1.165) is 60.9 Å². The van der Waals surface area contributed by atoms with E-state index >= 15 is 0 Å². The number of aliphatic hydroxyl groups excluding tert-OH is 1. The van der Waals surface area contributed by atoms with Gasteiger partial charge in [0, 0.05) is 16.9 Å². The van der Waals surface area contributed by atoms with Crippen molar-refractivity contribution in [2.24, 2.45) is 11.8 Å². The Labute approximate surface area is 167 Å². The first-order valence-corrected chi connectivity index (χ1v) is 11.3. The summed E-state index contributed by atoms with van der Waals surface area (Å²) in [5.74, 6) is 0.748. The maximum atomic E-state index is 10.6. The standard InChI is InChI=1S/C23H32O3S/c24-18(16-17-8-4-3-5-9-17)12-13-20-19(21-14-15-22(20)27-21)10-6-1-2-7-11-23(25)26/h1,3-6,8-9,18-22,24H,2,7,10-16H2,(H,25,26)/t18?,19-,20+,21-,22+/m0/s1. The van der Waals surface area contributed by atoms with E-state index < -0.39 is 5.97 Å². The molecule has 1 unspecified atom stereocenters. The lowest BCUT2D eigenvalue weighted by atomic mass is 9.75. The van der Waals surface area contributed by atoms with Crippen molar-refractivity contribution in [3.8, 4) is 0 Å². The average molecular weight is 389 g/mol. The summed E-state index contributed by atoms with van der Waals surface area (Å²) in [6.07, 6.45) is 12.6. The molecule has 27 heavy (non-hydrogen) atoms. The molecular weight excluding hydrogens is 356 g/mol. The summed E-state index contributed by atoms with van der Waals surface area (Å²) >= 11 is 2.18. The minimum atomic E-state index is -0.706. The van der Waals surface area contributed by atoms with Gasteiger partial charge in [0.2, 0.25) is 0 Å². The van der Waals surface area contributed by atoms with E-state index in [1.807, 2.05) is 18.2 Å². The lowest BCUT2D eigenvalue weighted by molar-refractivity contribution is -0.137. The molecule has 0 amide bonds. The number of aliphatic hydroxyl groups is 1. The number of hydrogen-bond acceptors (Lipinski definition) is 3. The predicted molar refractivity (Wildman–Crippen MR) is 112 cm³/mol. The fraction of sp³-hybridized carbons (Fsp3) is 0.609. The first-order chi connectivity index (χ1) is 13.1. The molecule has 3 rings (SSSR count). The summed E-state index contributed by atoms with van der Waals surface area (Å²) in [6.45, 7) is 0. The van der Waals surface area contributed by atoms with Crippen LogP contribution < -0.4 is 0 Å². The number of aliphatic carboxylic acids is 1. The monoisotopic (exact) mass is 388 g/mol. The van der Waals surface area contributed by atoms with Crippen LogP contribution in [0.1, 0.15) is 56.9 Å². The minimum Gasteiger partial charge on any atom is -0.481 e. The van der Waals surface area contributed by atoms with Crippen molar-refractivity contribution in [1.29, 1.82) is 0 Å². The lowest BCUT2D eigenvalue weighted by Gasteiger charge is -2.29. The molecule has 0 aromatic heterocycles. The molecule has 4 heteroatoms. The predicted octanol–water partition coefficient (Wildman–Crippen LogP) is 5.08. The van der Waals surface area contributed by atoms with Crippen LogP contribution in [0.25, 0.3) is 0 Å². The van der Waals surface area contributed by atoms with Crippen LogP contribution in [-0.4, -0.2) is 32.8 Å². The van der Waals surface area contributed by atoms with E-state index in [2.05, 4.69) is 36.0 Å². The van der Waals surface area contributed by atoms with Gasteiger partial charge in [0.05, 0.1) is 6.10 Å². The third kappa shape index (κ3) is 6.11.